The number of hydrogen-bond donors (Lipinski definition) is 0. The predicted octanol–water partition coefficient (Wildman–Crippen LogP) is 2.84. The van der Waals surface area contributed by atoms with Crippen molar-refractivity contribution in [2.75, 3.05) is 19.5 Å². The molecule has 4 heteroatoms. The van der Waals surface area contributed by atoms with Crippen LogP contribution in [0.15, 0.2) is 35.4 Å². The van der Waals surface area contributed by atoms with Crippen molar-refractivity contribution in [2.45, 2.75) is 4.90 Å². The summed E-state index contributed by atoms with van der Waals surface area (Å²) in [6.07, 6.45) is 1.64. The van der Waals surface area contributed by atoms with Gasteiger partial charge in [0.25, 0.3) is 0 Å². The number of methoxy groups -OCH3 is 1. The summed E-state index contributed by atoms with van der Waals surface area (Å²) in [6, 6.07) is 10.1. The van der Waals surface area contributed by atoms with Crippen molar-refractivity contribution in [2.24, 2.45) is 0 Å². The van der Waals surface area contributed by atoms with Gasteiger partial charge < -0.3 is 4.74 Å². The van der Waals surface area contributed by atoms with Gasteiger partial charge in [0, 0.05) is 29.3 Å². The smallest absolute Gasteiger partial charge is 0.102 e. The van der Waals surface area contributed by atoms with Gasteiger partial charge in [0.2, 0.25) is 0 Å². The second-order valence-corrected chi connectivity index (χ2v) is 4.58. The highest BCUT2D eigenvalue weighted by molar-refractivity contribution is 7.99. The third-order valence-corrected chi connectivity index (χ3v) is 3.48. The molecule has 86 valence electrons. The van der Waals surface area contributed by atoms with E-state index in [4.69, 9.17) is 10.00 Å². The van der Waals surface area contributed by atoms with Crippen LogP contribution in [0.3, 0.4) is 0 Å². The summed E-state index contributed by atoms with van der Waals surface area (Å²) in [5.74, 6) is 0.833. The fraction of sp³-hybridized carbons (Fsp3) is 0.231. The first kappa shape index (κ1) is 11.9. The van der Waals surface area contributed by atoms with Gasteiger partial charge >= 0.3 is 0 Å². The van der Waals surface area contributed by atoms with Gasteiger partial charge in [-0.05, 0) is 6.07 Å². The Bertz CT molecular complexity index is 563. The molecule has 0 fully saturated rings. The molecule has 0 aliphatic heterocycles. The Labute approximate surface area is 104 Å². The number of benzene rings is 1. The second-order valence-electron chi connectivity index (χ2n) is 3.47. The molecular formula is C13H12N2OS. The summed E-state index contributed by atoms with van der Waals surface area (Å²) in [5, 5.41) is 10.1. The number of para-hydroxylation sites is 1. The number of pyridine rings is 1. The van der Waals surface area contributed by atoms with Crippen molar-refractivity contribution >= 4 is 22.7 Å². The fourth-order valence-electron chi connectivity index (χ4n) is 1.58. The van der Waals surface area contributed by atoms with Crippen LogP contribution in [0.2, 0.25) is 0 Å². The molecule has 2 aromatic rings. The predicted molar refractivity (Wildman–Crippen MR) is 69.1 cm³/mol. The molecule has 17 heavy (non-hydrogen) atoms. The molecule has 3 nitrogen and oxygen atoms in total. The number of rotatable bonds is 4. The number of aromatic nitrogens is 1. The van der Waals surface area contributed by atoms with Crippen LogP contribution in [0, 0.1) is 11.3 Å². The highest BCUT2D eigenvalue weighted by Crippen LogP contribution is 2.29. The number of nitriles is 1. The molecule has 1 heterocycles. The molecule has 0 bridgehead atoms. The van der Waals surface area contributed by atoms with E-state index < -0.39 is 0 Å². The first-order valence-corrected chi connectivity index (χ1v) is 6.25. The monoisotopic (exact) mass is 244 g/mol. The molecule has 0 saturated heterocycles. The third kappa shape index (κ3) is 2.57. The van der Waals surface area contributed by atoms with E-state index in [2.05, 4.69) is 11.1 Å². The van der Waals surface area contributed by atoms with Crippen LogP contribution in [-0.4, -0.2) is 24.5 Å². The number of nitrogens with zero attached hydrogens (tertiary/aromatic N) is 2. The number of fused-ring (bicyclic) bond motifs is 1. The molecule has 1 aromatic heterocycles. The Morgan fingerprint density at radius 2 is 2.24 bits per heavy atom. The van der Waals surface area contributed by atoms with Crippen LogP contribution in [0.4, 0.5) is 0 Å². The zero-order valence-corrected chi connectivity index (χ0v) is 10.3. The Morgan fingerprint density at radius 1 is 1.41 bits per heavy atom. The summed E-state index contributed by atoms with van der Waals surface area (Å²) < 4.78 is 5.03. The first-order chi connectivity index (χ1) is 8.36. The minimum Gasteiger partial charge on any atom is -0.384 e. The standard InChI is InChI=1S/C13H12N2OS/c1-16-6-7-17-13-10(8-14)9-15-12-5-3-2-4-11(12)13/h2-5,9H,6-7H2,1H3. The minimum absolute atomic E-state index is 0.629. The molecule has 0 aliphatic rings. The summed E-state index contributed by atoms with van der Waals surface area (Å²) in [4.78, 5) is 5.27. The Kier molecular flexibility index (Phi) is 3.97. The molecule has 0 radical (unpaired) electrons. The van der Waals surface area contributed by atoms with E-state index in [9.17, 15) is 0 Å². The molecular weight excluding hydrogens is 232 g/mol. The van der Waals surface area contributed by atoms with E-state index >= 15 is 0 Å². The molecule has 0 unspecified atom stereocenters. The number of thioether (sulfide) groups is 1. The molecule has 0 aliphatic carbocycles. The van der Waals surface area contributed by atoms with Crippen LogP contribution in [-0.2, 0) is 4.74 Å². The maximum absolute atomic E-state index is 9.10. The Morgan fingerprint density at radius 3 is 3.00 bits per heavy atom. The minimum atomic E-state index is 0.629. The molecule has 1 aromatic carbocycles. The molecule has 0 spiro atoms. The van der Waals surface area contributed by atoms with Gasteiger partial charge in [0.1, 0.15) is 6.07 Å². The highest BCUT2D eigenvalue weighted by Gasteiger charge is 2.08. The molecule has 0 N–H and O–H groups in total. The van der Waals surface area contributed by atoms with Crippen molar-refractivity contribution in [3.05, 3.63) is 36.0 Å². The van der Waals surface area contributed by atoms with Crippen LogP contribution in [0.1, 0.15) is 5.56 Å². The first-order valence-electron chi connectivity index (χ1n) is 5.26. The van der Waals surface area contributed by atoms with Crippen molar-refractivity contribution < 1.29 is 4.74 Å². The lowest BCUT2D eigenvalue weighted by molar-refractivity contribution is 0.218. The van der Waals surface area contributed by atoms with Crippen LogP contribution < -0.4 is 0 Å². The highest BCUT2D eigenvalue weighted by atomic mass is 32.2. The summed E-state index contributed by atoms with van der Waals surface area (Å²) in [7, 11) is 1.68. The van der Waals surface area contributed by atoms with E-state index in [0.717, 1.165) is 21.6 Å². The molecule has 0 atom stereocenters. The van der Waals surface area contributed by atoms with Crippen molar-refractivity contribution in [1.29, 1.82) is 5.26 Å². The zero-order chi connectivity index (χ0) is 12.1. The normalized spacial score (nSPS) is 10.4. The van der Waals surface area contributed by atoms with Crippen molar-refractivity contribution in [3.8, 4) is 6.07 Å². The summed E-state index contributed by atoms with van der Waals surface area (Å²) >= 11 is 1.64. The van der Waals surface area contributed by atoms with E-state index in [0.29, 0.717) is 12.2 Å². The van der Waals surface area contributed by atoms with Crippen LogP contribution in [0.5, 0.6) is 0 Å². The van der Waals surface area contributed by atoms with Gasteiger partial charge in [-0.1, -0.05) is 18.2 Å². The van der Waals surface area contributed by atoms with E-state index in [1.54, 1.807) is 25.1 Å². The molecule has 0 saturated carbocycles. The Balaban J connectivity index is 2.45. The van der Waals surface area contributed by atoms with Crippen molar-refractivity contribution in [3.63, 3.8) is 0 Å². The summed E-state index contributed by atoms with van der Waals surface area (Å²) in [5.41, 5.74) is 1.55. The lowest BCUT2D eigenvalue weighted by atomic mass is 10.2. The van der Waals surface area contributed by atoms with Crippen LogP contribution in [0.25, 0.3) is 10.9 Å². The molecule has 2 rings (SSSR count). The second kappa shape index (κ2) is 5.67. The van der Waals surface area contributed by atoms with E-state index in [1.807, 2.05) is 24.3 Å². The van der Waals surface area contributed by atoms with Gasteiger partial charge in [-0.3, -0.25) is 4.98 Å². The Hall–Kier alpha value is -1.57. The zero-order valence-electron chi connectivity index (χ0n) is 9.51. The van der Waals surface area contributed by atoms with Gasteiger partial charge in [0.05, 0.1) is 17.7 Å². The summed E-state index contributed by atoms with van der Waals surface area (Å²) in [6.45, 7) is 0.673. The quantitative estimate of drug-likeness (QED) is 0.613. The van der Waals surface area contributed by atoms with Crippen molar-refractivity contribution in [1.82, 2.24) is 4.98 Å². The van der Waals surface area contributed by atoms with Gasteiger partial charge in [-0.2, -0.15) is 5.26 Å². The number of ether oxygens (including phenoxy) is 1. The van der Waals surface area contributed by atoms with Gasteiger partial charge in [-0.15, -0.1) is 11.8 Å². The van der Waals surface area contributed by atoms with E-state index in [1.165, 1.54) is 0 Å². The fourth-order valence-corrected chi connectivity index (χ4v) is 2.61. The third-order valence-electron chi connectivity index (χ3n) is 2.38. The van der Waals surface area contributed by atoms with E-state index in [-0.39, 0.29) is 0 Å². The average molecular weight is 244 g/mol. The van der Waals surface area contributed by atoms with Gasteiger partial charge in [0.15, 0.2) is 0 Å². The largest absolute Gasteiger partial charge is 0.384 e. The SMILES string of the molecule is COCCSc1c(C#N)cnc2ccccc12. The lowest BCUT2D eigenvalue weighted by Crippen LogP contribution is -1.94. The molecule has 0 amide bonds. The number of hydrogen-bond acceptors (Lipinski definition) is 4. The van der Waals surface area contributed by atoms with Crippen LogP contribution >= 0.6 is 11.8 Å². The lowest BCUT2D eigenvalue weighted by Gasteiger charge is -2.07. The average Bonchev–Trinajstić information content (AvgIpc) is 2.39. The maximum atomic E-state index is 9.10. The maximum Gasteiger partial charge on any atom is 0.102 e. The van der Waals surface area contributed by atoms with Gasteiger partial charge in [-0.25, -0.2) is 0 Å². The topological polar surface area (TPSA) is 45.9 Å².